The van der Waals surface area contributed by atoms with Crippen LogP contribution < -0.4 is 21.6 Å². The second-order valence-corrected chi connectivity index (χ2v) is 12.3. The number of hydrogen-bond donors (Lipinski definition) is 4. The molecule has 2 aliphatic carbocycles. The van der Waals surface area contributed by atoms with Crippen molar-refractivity contribution in [3.05, 3.63) is 76.8 Å². The highest BCUT2D eigenvalue weighted by Gasteiger charge is 2.57. The SMILES string of the molecule is CC(C)(CNc1c(C#N)cnc2c(C#N)cc(N[C@H](C3=CN(C4(C(F)F)CC4)NN3)C3=CC=CC4C(=O)N=CC=C34)cc12)C(F)(F)F. The molecule has 0 radical (unpaired) electrons. The summed E-state index contributed by atoms with van der Waals surface area (Å²) in [6, 6.07) is 6.27. The number of carbonyl (C=O) groups excluding carboxylic acids is 1. The zero-order chi connectivity index (χ0) is 33.7. The minimum atomic E-state index is -4.54. The molecule has 1 aromatic carbocycles. The van der Waals surface area contributed by atoms with Crippen LogP contribution in [0.25, 0.3) is 10.9 Å². The van der Waals surface area contributed by atoms with Crippen molar-refractivity contribution in [2.24, 2.45) is 16.3 Å². The number of hydrazine groups is 2. The van der Waals surface area contributed by atoms with E-state index in [1.165, 1.54) is 29.7 Å². The summed E-state index contributed by atoms with van der Waals surface area (Å²) in [6.45, 7) is 1.49. The van der Waals surface area contributed by atoms with Crippen LogP contribution in [0.2, 0.25) is 0 Å². The van der Waals surface area contributed by atoms with Gasteiger partial charge in [-0.15, -0.1) is 5.53 Å². The fourth-order valence-electron chi connectivity index (χ4n) is 5.65. The molecule has 15 heteroatoms. The van der Waals surface area contributed by atoms with Crippen LogP contribution in [0, 0.1) is 34.0 Å². The number of allylic oxidation sites excluding steroid dienone is 3. The molecule has 4 N–H and O–H groups in total. The first-order chi connectivity index (χ1) is 22.3. The maximum atomic E-state index is 14.0. The Hall–Kier alpha value is -5.28. The number of nitriles is 2. The van der Waals surface area contributed by atoms with Crippen LogP contribution in [0.5, 0.6) is 0 Å². The maximum absolute atomic E-state index is 14.0. The molecular weight excluding hydrogens is 621 g/mol. The normalized spacial score (nSPS) is 20.5. The number of aromatic nitrogens is 1. The standard InChI is InChI=1S/C32H28F5N9O/c1-30(2,32(35,36)37)16-42-26-18(13-39)14-41-25-17(12-38)10-19(11-23(25)26)43-27(21-4-3-5-22-20(21)6-9-40-28(22)47)24-15-46(45-44-24)31(7-8-31)29(33)34/h3-6,9-11,14-15,22,27,29,43-45H,7-8,16H2,1-2H3,(H,41,42)/t22?,27-/m0/s1. The number of anilines is 2. The van der Waals surface area contributed by atoms with E-state index in [9.17, 15) is 37.3 Å². The molecule has 0 spiro atoms. The number of hydrogen-bond acceptors (Lipinski definition) is 9. The number of nitrogens with zero attached hydrogens (tertiary/aromatic N) is 5. The number of fused-ring (bicyclic) bond motifs is 2. The van der Waals surface area contributed by atoms with Gasteiger partial charge in [0, 0.05) is 36.2 Å². The predicted octanol–water partition coefficient (Wildman–Crippen LogP) is 5.37. The van der Waals surface area contributed by atoms with Gasteiger partial charge >= 0.3 is 6.18 Å². The topological polar surface area (TPSA) is 141 Å². The van der Waals surface area contributed by atoms with Gasteiger partial charge in [0.2, 0.25) is 0 Å². The fourth-order valence-corrected chi connectivity index (χ4v) is 5.65. The molecule has 1 unspecified atom stereocenters. The number of halogens is 5. The van der Waals surface area contributed by atoms with Gasteiger partial charge in [0.05, 0.1) is 45.4 Å². The lowest BCUT2D eigenvalue weighted by atomic mass is 9.82. The Morgan fingerprint density at radius 1 is 1.15 bits per heavy atom. The molecule has 0 bridgehead atoms. The third-order valence-corrected chi connectivity index (χ3v) is 8.83. The summed E-state index contributed by atoms with van der Waals surface area (Å²) >= 11 is 0. The Morgan fingerprint density at radius 2 is 1.89 bits per heavy atom. The molecule has 1 saturated carbocycles. The lowest BCUT2D eigenvalue weighted by molar-refractivity contribution is -0.206. The van der Waals surface area contributed by atoms with Crippen molar-refractivity contribution >= 4 is 34.4 Å². The van der Waals surface area contributed by atoms with Crippen molar-refractivity contribution in [3.8, 4) is 12.1 Å². The average Bonchev–Trinajstić information content (AvgIpc) is 3.71. The van der Waals surface area contributed by atoms with E-state index < -0.39 is 42.1 Å². The van der Waals surface area contributed by atoms with Crippen molar-refractivity contribution in [2.45, 2.75) is 50.9 Å². The van der Waals surface area contributed by atoms with Crippen molar-refractivity contribution in [1.82, 2.24) is 21.0 Å². The van der Waals surface area contributed by atoms with E-state index in [0.717, 1.165) is 13.8 Å². The zero-order valence-corrected chi connectivity index (χ0v) is 25.1. The highest BCUT2D eigenvalue weighted by atomic mass is 19.4. The lowest BCUT2D eigenvalue weighted by Crippen LogP contribution is -2.48. The van der Waals surface area contributed by atoms with Crippen LogP contribution in [0.4, 0.5) is 33.3 Å². The van der Waals surface area contributed by atoms with Gasteiger partial charge in [-0.1, -0.05) is 18.2 Å². The Bertz CT molecular complexity index is 1890. The molecule has 242 valence electrons. The predicted molar refractivity (Wildman–Crippen MR) is 163 cm³/mol. The lowest BCUT2D eigenvalue weighted by Gasteiger charge is -2.30. The first kappa shape index (κ1) is 31.7. The summed E-state index contributed by atoms with van der Waals surface area (Å²) in [4.78, 5) is 20.8. The second-order valence-electron chi connectivity index (χ2n) is 12.3. The number of aliphatic imine (C=N–C) groups is 1. The summed E-state index contributed by atoms with van der Waals surface area (Å²) in [5.74, 6) is -1.05. The maximum Gasteiger partial charge on any atom is 0.395 e. The van der Waals surface area contributed by atoms with Crippen LogP contribution >= 0.6 is 0 Å². The van der Waals surface area contributed by atoms with Crippen molar-refractivity contribution in [2.75, 3.05) is 17.2 Å². The summed E-state index contributed by atoms with van der Waals surface area (Å²) in [6.07, 6.45) is 4.34. The molecule has 1 amide bonds. The number of pyridine rings is 1. The molecule has 2 atom stereocenters. The van der Waals surface area contributed by atoms with Gasteiger partial charge in [-0.25, -0.2) is 13.8 Å². The van der Waals surface area contributed by atoms with E-state index in [1.807, 2.05) is 6.07 Å². The van der Waals surface area contributed by atoms with E-state index in [4.69, 9.17) is 0 Å². The van der Waals surface area contributed by atoms with Gasteiger partial charge in [-0.3, -0.25) is 14.8 Å². The van der Waals surface area contributed by atoms with Crippen LogP contribution in [-0.2, 0) is 4.79 Å². The Kier molecular flexibility index (Phi) is 7.76. The molecule has 1 fully saturated rings. The molecule has 4 aliphatic rings. The molecule has 47 heavy (non-hydrogen) atoms. The van der Waals surface area contributed by atoms with E-state index >= 15 is 0 Å². The van der Waals surface area contributed by atoms with Crippen molar-refractivity contribution < 1.29 is 26.7 Å². The van der Waals surface area contributed by atoms with Crippen molar-refractivity contribution in [3.63, 3.8) is 0 Å². The quantitative estimate of drug-likeness (QED) is 0.264. The summed E-state index contributed by atoms with van der Waals surface area (Å²) in [5.41, 5.74) is 4.48. The Morgan fingerprint density at radius 3 is 2.55 bits per heavy atom. The monoisotopic (exact) mass is 649 g/mol. The molecule has 1 aromatic heterocycles. The van der Waals surface area contributed by atoms with Gasteiger partial charge in [-0.2, -0.15) is 23.7 Å². The van der Waals surface area contributed by atoms with Crippen LogP contribution in [0.3, 0.4) is 0 Å². The molecular formula is C32H28F5N9O. The van der Waals surface area contributed by atoms with Crippen LogP contribution in [0.15, 0.2) is 70.7 Å². The number of rotatable bonds is 9. The molecule has 10 nitrogen and oxygen atoms in total. The smallest absolute Gasteiger partial charge is 0.382 e. The minimum absolute atomic E-state index is 0.0251. The third kappa shape index (κ3) is 5.57. The first-order valence-corrected chi connectivity index (χ1v) is 14.6. The highest BCUT2D eigenvalue weighted by molar-refractivity contribution is 6.00. The van der Waals surface area contributed by atoms with E-state index in [-0.39, 0.29) is 46.5 Å². The molecule has 0 saturated heterocycles. The number of dihydropyridines is 1. The number of benzene rings is 1. The zero-order valence-electron chi connectivity index (χ0n) is 25.1. The van der Waals surface area contributed by atoms with Gasteiger partial charge in [0.15, 0.2) is 0 Å². The van der Waals surface area contributed by atoms with Gasteiger partial charge in [-0.05, 0) is 56.0 Å². The summed E-state index contributed by atoms with van der Waals surface area (Å²) in [7, 11) is 0. The number of amides is 1. The highest BCUT2D eigenvalue weighted by Crippen LogP contribution is 2.47. The largest absolute Gasteiger partial charge is 0.395 e. The molecule has 2 aliphatic heterocycles. The fraction of sp³-hybridized carbons (Fsp3) is 0.344. The Balaban J connectivity index is 1.45. The Labute approximate surface area is 266 Å². The molecule has 2 aromatic rings. The average molecular weight is 650 g/mol. The second kappa shape index (κ2) is 11.5. The van der Waals surface area contributed by atoms with Crippen LogP contribution in [0.1, 0.15) is 37.8 Å². The van der Waals surface area contributed by atoms with Gasteiger partial charge in [0.25, 0.3) is 12.3 Å². The third-order valence-electron chi connectivity index (χ3n) is 8.83. The van der Waals surface area contributed by atoms with Gasteiger partial charge in [0.1, 0.15) is 17.7 Å². The van der Waals surface area contributed by atoms with Crippen molar-refractivity contribution in [1.29, 1.82) is 10.5 Å². The molecule has 3 heterocycles. The number of nitrogens with one attached hydrogen (secondary N) is 4. The summed E-state index contributed by atoms with van der Waals surface area (Å²) < 4.78 is 69.1. The number of carbonyl (C=O) groups is 1. The van der Waals surface area contributed by atoms with E-state index in [1.54, 1.807) is 30.4 Å². The number of alkyl halides is 5. The molecule has 6 rings (SSSR count). The first-order valence-electron chi connectivity index (χ1n) is 14.6. The van der Waals surface area contributed by atoms with Gasteiger partial charge < -0.3 is 16.1 Å². The minimum Gasteiger partial charge on any atom is -0.382 e. The van der Waals surface area contributed by atoms with Crippen LogP contribution in [-0.4, -0.2) is 52.8 Å². The van der Waals surface area contributed by atoms with E-state index in [0.29, 0.717) is 22.5 Å². The van der Waals surface area contributed by atoms with E-state index in [2.05, 4.69) is 37.6 Å². The summed E-state index contributed by atoms with van der Waals surface area (Å²) in [5, 5.41) is 27.5.